The average Bonchev–Trinajstić information content (AvgIpc) is 3.09. The number of carboxylic acids is 1. The molecule has 126 valence electrons. The van der Waals surface area contributed by atoms with Gasteiger partial charge in [-0.15, -0.1) is 0 Å². The minimum atomic E-state index is -0.994. The van der Waals surface area contributed by atoms with Gasteiger partial charge in [-0.25, -0.2) is 4.79 Å². The molecule has 0 amide bonds. The van der Waals surface area contributed by atoms with E-state index in [-0.39, 0.29) is 5.56 Å². The standard InChI is InChI=1S/C19H15ClN2O3/c20-14-7-5-13(6-8-14)11-21-22-12-15-9-10-18(25-15)16-3-1-2-4-17(16)19(23)24/h1-10,12,21H,11H2,(H,23,24)/b22-12-. The maximum Gasteiger partial charge on any atom is 0.336 e. The highest BCUT2D eigenvalue weighted by molar-refractivity contribution is 6.30. The van der Waals surface area contributed by atoms with Gasteiger partial charge in [-0.05, 0) is 35.9 Å². The highest BCUT2D eigenvalue weighted by Gasteiger charge is 2.13. The van der Waals surface area contributed by atoms with Gasteiger partial charge >= 0.3 is 5.97 Å². The van der Waals surface area contributed by atoms with E-state index in [4.69, 9.17) is 16.0 Å². The van der Waals surface area contributed by atoms with Gasteiger partial charge in [-0.1, -0.05) is 41.9 Å². The molecule has 0 spiro atoms. The first kappa shape index (κ1) is 16.8. The first-order chi connectivity index (χ1) is 12.1. The zero-order valence-corrected chi connectivity index (χ0v) is 13.9. The molecular formula is C19H15ClN2O3. The summed E-state index contributed by atoms with van der Waals surface area (Å²) in [5.41, 5.74) is 4.70. The van der Waals surface area contributed by atoms with Gasteiger partial charge in [-0.3, -0.25) is 0 Å². The van der Waals surface area contributed by atoms with E-state index in [0.29, 0.717) is 28.7 Å². The molecule has 1 aromatic heterocycles. The summed E-state index contributed by atoms with van der Waals surface area (Å²) in [6.07, 6.45) is 1.54. The number of carbonyl (C=O) groups is 1. The van der Waals surface area contributed by atoms with Crippen molar-refractivity contribution in [2.24, 2.45) is 5.10 Å². The first-order valence-electron chi connectivity index (χ1n) is 7.56. The van der Waals surface area contributed by atoms with Crippen LogP contribution in [0.5, 0.6) is 0 Å². The van der Waals surface area contributed by atoms with E-state index < -0.39 is 5.97 Å². The topological polar surface area (TPSA) is 74.8 Å². The van der Waals surface area contributed by atoms with E-state index in [1.165, 1.54) is 0 Å². The molecule has 3 rings (SSSR count). The van der Waals surface area contributed by atoms with Crippen molar-refractivity contribution in [3.05, 3.63) is 82.6 Å². The van der Waals surface area contributed by atoms with Crippen LogP contribution in [0, 0.1) is 0 Å². The lowest BCUT2D eigenvalue weighted by atomic mass is 10.1. The molecule has 25 heavy (non-hydrogen) atoms. The maximum atomic E-state index is 11.3. The van der Waals surface area contributed by atoms with Crippen molar-refractivity contribution in [2.75, 3.05) is 0 Å². The number of benzene rings is 2. The maximum absolute atomic E-state index is 11.3. The Morgan fingerprint density at radius 2 is 1.88 bits per heavy atom. The molecule has 2 aromatic carbocycles. The second-order valence-corrected chi connectivity index (χ2v) is 5.71. The Morgan fingerprint density at radius 1 is 1.12 bits per heavy atom. The molecule has 0 bridgehead atoms. The van der Waals surface area contributed by atoms with Crippen molar-refractivity contribution in [1.29, 1.82) is 0 Å². The van der Waals surface area contributed by atoms with E-state index in [0.717, 1.165) is 5.56 Å². The number of hydrogen-bond donors (Lipinski definition) is 2. The lowest BCUT2D eigenvalue weighted by Crippen LogP contribution is -2.05. The van der Waals surface area contributed by atoms with Crippen LogP contribution in [0.25, 0.3) is 11.3 Å². The van der Waals surface area contributed by atoms with Crippen molar-refractivity contribution in [3.63, 3.8) is 0 Å². The number of nitrogens with one attached hydrogen (secondary N) is 1. The highest BCUT2D eigenvalue weighted by Crippen LogP contribution is 2.25. The van der Waals surface area contributed by atoms with E-state index in [1.807, 2.05) is 24.3 Å². The normalized spacial score (nSPS) is 10.9. The zero-order chi connectivity index (χ0) is 17.6. The largest absolute Gasteiger partial charge is 0.478 e. The number of halogens is 1. The summed E-state index contributed by atoms with van der Waals surface area (Å²) in [5.74, 6) is 0.0165. The summed E-state index contributed by atoms with van der Waals surface area (Å²) < 4.78 is 5.66. The first-order valence-corrected chi connectivity index (χ1v) is 7.94. The van der Waals surface area contributed by atoms with Crippen LogP contribution >= 0.6 is 11.6 Å². The van der Waals surface area contributed by atoms with Crippen molar-refractivity contribution in [1.82, 2.24) is 5.43 Å². The number of hydrazone groups is 1. The third-order valence-corrected chi connectivity index (χ3v) is 3.78. The Morgan fingerprint density at radius 3 is 2.64 bits per heavy atom. The molecule has 0 aliphatic rings. The van der Waals surface area contributed by atoms with Gasteiger partial charge in [0.05, 0.1) is 18.3 Å². The smallest absolute Gasteiger partial charge is 0.336 e. The second kappa shape index (κ2) is 7.68. The van der Waals surface area contributed by atoms with Crippen molar-refractivity contribution < 1.29 is 14.3 Å². The van der Waals surface area contributed by atoms with Crippen LogP contribution in [-0.2, 0) is 6.54 Å². The Labute approximate surface area is 149 Å². The summed E-state index contributed by atoms with van der Waals surface area (Å²) in [6.45, 7) is 0.559. The monoisotopic (exact) mass is 354 g/mol. The number of furan rings is 1. The molecule has 6 heteroatoms. The molecule has 0 saturated heterocycles. The Kier molecular flexibility index (Phi) is 5.16. The van der Waals surface area contributed by atoms with Crippen LogP contribution in [0.1, 0.15) is 21.7 Å². The van der Waals surface area contributed by atoms with Crippen LogP contribution in [0.3, 0.4) is 0 Å². The van der Waals surface area contributed by atoms with Crippen molar-refractivity contribution in [3.8, 4) is 11.3 Å². The van der Waals surface area contributed by atoms with Gasteiger partial charge in [0, 0.05) is 10.6 Å². The fraction of sp³-hybridized carbons (Fsp3) is 0.0526. The van der Waals surface area contributed by atoms with Crippen LogP contribution < -0.4 is 5.43 Å². The molecule has 1 heterocycles. The molecular weight excluding hydrogens is 340 g/mol. The fourth-order valence-electron chi connectivity index (χ4n) is 2.30. The summed E-state index contributed by atoms with van der Waals surface area (Å²) in [4.78, 5) is 11.3. The lowest BCUT2D eigenvalue weighted by Gasteiger charge is -2.02. The van der Waals surface area contributed by atoms with Gasteiger partial charge < -0.3 is 14.9 Å². The molecule has 5 nitrogen and oxygen atoms in total. The third-order valence-electron chi connectivity index (χ3n) is 3.53. The van der Waals surface area contributed by atoms with Crippen LogP contribution in [0.2, 0.25) is 5.02 Å². The lowest BCUT2D eigenvalue weighted by molar-refractivity contribution is 0.0697. The Balaban J connectivity index is 1.66. The fourth-order valence-corrected chi connectivity index (χ4v) is 2.43. The van der Waals surface area contributed by atoms with Gasteiger partial charge in [0.25, 0.3) is 0 Å². The van der Waals surface area contributed by atoms with Gasteiger partial charge in [-0.2, -0.15) is 5.10 Å². The third kappa shape index (κ3) is 4.28. The molecule has 2 N–H and O–H groups in total. The predicted octanol–water partition coefficient (Wildman–Crippen LogP) is 4.42. The summed E-state index contributed by atoms with van der Waals surface area (Å²) >= 11 is 5.84. The highest BCUT2D eigenvalue weighted by atomic mass is 35.5. The number of aromatic carboxylic acids is 1. The molecule has 0 aliphatic heterocycles. The number of carboxylic acid groups (broad SMARTS) is 1. The summed E-state index contributed by atoms with van der Waals surface area (Å²) in [7, 11) is 0. The molecule has 0 fully saturated rings. The molecule has 0 atom stereocenters. The minimum Gasteiger partial charge on any atom is -0.478 e. The predicted molar refractivity (Wildman–Crippen MR) is 97.0 cm³/mol. The molecule has 0 unspecified atom stereocenters. The zero-order valence-electron chi connectivity index (χ0n) is 13.1. The summed E-state index contributed by atoms with van der Waals surface area (Å²) in [6, 6.07) is 17.6. The van der Waals surface area contributed by atoms with Gasteiger partial charge in [0.15, 0.2) is 0 Å². The molecule has 0 saturated carbocycles. The summed E-state index contributed by atoms with van der Waals surface area (Å²) in [5, 5.41) is 14.0. The van der Waals surface area contributed by atoms with Crippen molar-refractivity contribution >= 4 is 23.8 Å². The van der Waals surface area contributed by atoms with E-state index in [2.05, 4.69) is 10.5 Å². The quantitative estimate of drug-likeness (QED) is 0.507. The van der Waals surface area contributed by atoms with Crippen LogP contribution in [0.4, 0.5) is 0 Å². The van der Waals surface area contributed by atoms with E-state index in [1.54, 1.807) is 42.6 Å². The minimum absolute atomic E-state index is 0.196. The number of nitrogens with zero attached hydrogens (tertiary/aromatic N) is 1. The molecule has 0 aliphatic carbocycles. The Bertz CT molecular complexity index is 901. The van der Waals surface area contributed by atoms with Crippen LogP contribution in [0.15, 0.2) is 70.2 Å². The number of rotatable bonds is 6. The van der Waals surface area contributed by atoms with Gasteiger partial charge in [0.1, 0.15) is 11.5 Å². The van der Waals surface area contributed by atoms with Gasteiger partial charge in [0.2, 0.25) is 0 Å². The number of hydrogen-bond acceptors (Lipinski definition) is 4. The van der Waals surface area contributed by atoms with E-state index in [9.17, 15) is 9.90 Å². The Hall–Kier alpha value is -3.05. The SMILES string of the molecule is O=C(O)c1ccccc1-c1ccc(/C=N\NCc2ccc(Cl)cc2)o1. The van der Waals surface area contributed by atoms with E-state index >= 15 is 0 Å². The molecule has 0 radical (unpaired) electrons. The van der Waals surface area contributed by atoms with Crippen LogP contribution in [-0.4, -0.2) is 17.3 Å². The van der Waals surface area contributed by atoms with Crippen molar-refractivity contribution in [2.45, 2.75) is 6.54 Å². The molecule has 3 aromatic rings. The average molecular weight is 355 g/mol. The second-order valence-electron chi connectivity index (χ2n) is 5.27.